The molecule has 4 aromatic rings. The second kappa shape index (κ2) is 6.51. The summed E-state index contributed by atoms with van der Waals surface area (Å²) in [5.74, 6) is 0.894. The molecule has 1 N–H and O–H groups in total. The number of hydrogen-bond donors (Lipinski definition) is 1. The van der Waals surface area contributed by atoms with Crippen LogP contribution in [0, 0.1) is 19.7 Å². The summed E-state index contributed by atoms with van der Waals surface area (Å²) in [6.07, 6.45) is 4.36. The molecule has 4 heterocycles. The highest BCUT2D eigenvalue weighted by molar-refractivity contribution is 5.67. The van der Waals surface area contributed by atoms with Crippen LogP contribution in [-0.4, -0.2) is 31.1 Å². The molecule has 0 spiro atoms. The van der Waals surface area contributed by atoms with Crippen molar-refractivity contribution in [1.29, 1.82) is 0 Å². The molecule has 0 amide bonds. The van der Waals surface area contributed by atoms with Gasteiger partial charge in [0.15, 0.2) is 0 Å². The average Bonchev–Trinajstić information content (AvgIpc) is 3.08. The van der Waals surface area contributed by atoms with E-state index in [1.807, 2.05) is 20.0 Å². The highest BCUT2D eigenvalue weighted by atomic mass is 19.1. The van der Waals surface area contributed by atoms with Gasteiger partial charge in [-0.25, -0.2) is 18.7 Å². The number of aromatic nitrogens is 5. The van der Waals surface area contributed by atoms with Gasteiger partial charge in [0.05, 0.1) is 0 Å². The maximum absolute atomic E-state index is 13.8. The minimum atomic E-state index is -0.301. The maximum atomic E-state index is 13.8. The highest BCUT2D eigenvalue weighted by Crippen LogP contribution is 2.29. The molecule has 0 atom stereocenters. The number of aromatic amines is 1. The Bertz CT molecular complexity index is 1310. The topological polar surface area (TPSA) is 79.2 Å². The van der Waals surface area contributed by atoms with Gasteiger partial charge in [-0.2, -0.15) is 4.98 Å². The number of anilines is 1. The van der Waals surface area contributed by atoms with Crippen LogP contribution in [0.2, 0.25) is 0 Å². The van der Waals surface area contributed by atoms with Crippen LogP contribution in [0.15, 0.2) is 41.5 Å². The Morgan fingerprint density at radius 2 is 2.03 bits per heavy atom. The van der Waals surface area contributed by atoms with Crippen LogP contribution in [0.4, 0.5) is 10.2 Å². The van der Waals surface area contributed by atoms with Gasteiger partial charge in [0.2, 0.25) is 0 Å². The zero-order chi connectivity index (χ0) is 20.1. The van der Waals surface area contributed by atoms with Crippen molar-refractivity contribution < 1.29 is 4.39 Å². The number of benzene rings is 1. The summed E-state index contributed by atoms with van der Waals surface area (Å²) in [6.45, 7) is 5.32. The number of pyridine rings is 1. The van der Waals surface area contributed by atoms with Gasteiger partial charge in [0, 0.05) is 48.7 Å². The molecule has 0 radical (unpaired) electrons. The van der Waals surface area contributed by atoms with Crippen molar-refractivity contribution in [2.45, 2.75) is 26.8 Å². The third-order valence-corrected chi connectivity index (χ3v) is 5.42. The van der Waals surface area contributed by atoms with Gasteiger partial charge in [-0.1, -0.05) is 6.07 Å². The van der Waals surface area contributed by atoms with E-state index in [0.717, 1.165) is 52.3 Å². The van der Waals surface area contributed by atoms with Gasteiger partial charge < -0.3 is 4.90 Å². The molecular weight excluding hydrogens is 371 g/mol. The Morgan fingerprint density at radius 1 is 1.17 bits per heavy atom. The molecule has 7 nitrogen and oxygen atoms in total. The van der Waals surface area contributed by atoms with Crippen LogP contribution >= 0.6 is 0 Å². The van der Waals surface area contributed by atoms with E-state index in [1.165, 1.54) is 10.5 Å². The molecule has 146 valence electrons. The number of hydrogen-bond acceptors (Lipinski definition) is 5. The standard InChI is InChI=1S/C21H19FN6O/c1-12-3-4-16(22)8-17(12)14-7-15-11-27(6-5-18(15)23-9-14)19-13(2)10-28-20(24-19)25-26-21(28)29/h3-4,7-10H,5-6,11H2,1-2H3,(H,26,29). The smallest absolute Gasteiger partial charge is 0.348 e. The van der Waals surface area contributed by atoms with E-state index in [0.29, 0.717) is 12.3 Å². The second-order valence-electron chi connectivity index (χ2n) is 7.41. The van der Waals surface area contributed by atoms with Crippen molar-refractivity contribution in [2.75, 3.05) is 11.4 Å². The van der Waals surface area contributed by atoms with Gasteiger partial charge in [0.1, 0.15) is 11.6 Å². The molecule has 0 aliphatic carbocycles. The van der Waals surface area contributed by atoms with E-state index in [1.54, 1.807) is 18.3 Å². The lowest BCUT2D eigenvalue weighted by molar-refractivity contribution is 0.628. The number of rotatable bonds is 2. The summed E-state index contributed by atoms with van der Waals surface area (Å²) >= 11 is 0. The number of halogens is 1. The van der Waals surface area contributed by atoms with E-state index in [-0.39, 0.29) is 11.5 Å². The molecule has 0 bridgehead atoms. The molecule has 0 saturated heterocycles. The zero-order valence-electron chi connectivity index (χ0n) is 16.1. The molecule has 1 aliphatic heterocycles. The van der Waals surface area contributed by atoms with Crippen LogP contribution in [0.1, 0.15) is 22.4 Å². The van der Waals surface area contributed by atoms with Crippen LogP contribution in [0.3, 0.4) is 0 Å². The largest absolute Gasteiger partial charge is 0.351 e. The first-order chi connectivity index (χ1) is 14.0. The van der Waals surface area contributed by atoms with E-state index >= 15 is 0 Å². The van der Waals surface area contributed by atoms with Crippen molar-refractivity contribution in [1.82, 2.24) is 24.6 Å². The number of nitrogens with one attached hydrogen (secondary N) is 1. The van der Waals surface area contributed by atoms with Crippen LogP contribution < -0.4 is 10.6 Å². The summed E-state index contributed by atoms with van der Waals surface area (Å²) < 4.78 is 15.2. The molecule has 1 aliphatic rings. The van der Waals surface area contributed by atoms with Gasteiger partial charge in [-0.15, -0.1) is 5.10 Å². The van der Waals surface area contributed by atoms with Crippen LogP contribution in [0.5, 0.6) is 0 Å². The SMILES string of the molecule is Cc1ccc(F)cc1-c1cnc2c(c1)CN(c1nc3n[nH]c(=O)n3cc1C)CC2. The monoisotopic (exact) mass is 390 g/mol. The zero-order valence-corrected chi connectivity index (χ0v) is 16.1. The van der Waals surface area contributed by atoms with Crippen LogP contribution in [0.25, 0.3) is 16.9 Å². The summed E-state index contributed by atoms with van der Waals surface area (Å²) in [6, 6.07) is 6.89. The molecule has 29 heavy (non-hydrogen) atoms. The van der Waals surface area contributed by atoms with Gasteiger partial charge in [-0.3, -0.25) is 4.98 Å². The van der Waals surface area contributed by atoms with E-state index in [2.05, 4.69) is 31.1 Å². The lowest BCUT2D eigenvalue weighted by Gasteiger charge is -2.30. The lowest BCUT2D eigenvalue weighted by atomic mass is 9.97. The molecule has 1 aromatic carbocycles. The molecular formula is C21H19FN6O. The Balaban J connectivity index is 1.53. The molecule has 3 aromatic heterocycles. The second-order valence-corrected chi connectivity index (χ2v) is 7.41. The fourth-order valence-electron chi connectivity index (χ4n) is 3.91. The number of aryl methyl sites for hydroxylation is 2. The minimum Gasteiger partial charge on any atom is -0.351 e. The minimum absolute atomic E-state index is 0.257. The van der Waals surface area contributed by atoms with Gasteiger partial charge in [-0.05, 0) is 48.7 Å². The normalized spacial score (nSPS) is 13.7. The first-order valence-electron chi connectivity index (χ1n) is 9.43. The predicted octanol–water partition coefficient (Wildman–Crippen LogP) is 2.80. The maximum Gasteiger partial charge on any atom is 0.348 e. The number of nitrogens with zero attached hydrogens (tertiary/aromatic N) is 5. The third kappa shape index (κ3) is 2.97. The first kappa shape index (κ1) is 17.5. The van der Waals surface area contributed by atoms with Crippen molar-refractivity contribution in [3.8, 4) is 11.1 Å². The fraction of sp³-hybridized carbons (Fsp3) is 0.238. The lowest BCUT2D eigenvalue weighted by Crippen LogP contribution is -2.32. The van der Waals surface area contributed by atoms with Crippen LogP contribution in [-0.2, 0) is 13.0 Å². The summed E-state index contributed by atoms with van der Waals surface area (Å²) in [5.41, 5.74) is 5.50. The Labute approximate surface area is 165 Å². The molecule has 0 fully saturated rings. The fourth-order valence-corrected chi connectivity index (χ4v) is 3.91. The Kier molecular flexibility index (Phi) is 3.94. The van der Waals surface area contributed by atoms with Gasteiger partial charge in [0.25, 0.3) is 5.78 Å². The van der Waals surface area contributed by atoms with Crippen molar-refractivity contribution in [2.24, 2.45) is 0 Å². The number of H-pyrrole nitrogens is 1. The summed E-state index contributed by atoms with van der Waals surface area (Å²) in [7, 11) is 0. The summed E-state index contributed by atoms with van der Waals surface area (Å²) in [5, 5.41) is 6.39. The Morgan fingerprint density at radius 3 is 2.90 bits per heavy atom. The highest BCUT2D eigenvalue weighted by Gasteiger charge is 2.22. The first-order valence-corrected chi connectivity index (χ1v) is 9.43. The van der Waals surface area contributed by atoms with E-state index in [4.69, 9.17) is 0 Å². The average molecular weight is 390 g/mol. The van der Waals surface area contributed by atoms with Crippen molar-refractivity contribution in [3.05, 3.63) is 75.3 Å². The van der Waals surface area contributed by atoms with Crippen molar-refractivity contribution in [3.63, 3.8) is 0 Å². The van der Waals surface area contributed by atoms with E-state index < -0.39 is 0 Å². The summed E-state index contributed by atoms with van der Waals surface area (Å²) in [4.78, 5) is 23.1. The quantitative estimate of drug-likeness (QED) is 0.569. The molecule has 0 unspecified atom stereocenters. The molecule has 5 rings (SSSR count). The Hall–Kier alpha value is -3.55. The van der Waals surface area contributed by atoms with E-state index in [9.17, 15) is 9.18 Å². The molecule has 0 saturated carbocycles. The number of fused-ring (bicyclic) bond motifs is 2. The molecule has 8 heteroatoms. The van der Waals surface area contributed by atoms with Gasteiger partial charge >= 0.3 is 5.69 Å². The third-order valence-electron chi connectivity index (χ3n) is 5.42. The predicted molar refractivity (Wildman–Crippen MR) is 107 cm³/mol. The van der Waals surface area contributed by atoms with Crippen molar-refractivity contribution >= 4 is 11.6 Å².